The lowest BCUT2D eigenvalue weighted by Gasteiger charge is -2.26. The molecule has 15 heteroatoms. The largest absolute Gasteiger partial charge is 0.506 e. The van der Waals surface area contributed by atoms with Gasteiger partial charge in [-0.2, -0.15) is 13.2 Å². The van der Waals surface area contributed by atoms with Gasteiger partial charge in [-0.25, -0.2) is 16.8 Å². The topological polar surface area (TPSA) is 142 Å². The smallest absolute Gasteiger partial charge is 0.416 e. The summed E-state index contributed by atoms with van der Waals surface area (Å²) in [5, 5.41) is 12.5. The van der Waals surface area contributed by atoms with Crippen molar-refractivity contribution in [1.29, 1.82) is 0 Å². The van der Waals surface area contributed by atoms with Crippen LogP contribution in [0.3, 0.4) is 0 Å². The molecule has 3 aromatic carbocycles. The summed E-state index contributed by atoms with van der Waals surface area (Å²) >= 11 is 0. The minimum absolute atomic E-state index is 0.0398. The number of phenols is 1. The first-order valence-corrected chi connectivity index (χ1v) is 16.3. The van der Waals surface area contributed by atoms with Crippen LogP contribution in [0.1, 0.15) is 15.9 Å². The number of aromatic hydroxyl groups is 1. The van der Waals surface area contributed by atoms with Crippen LogP contribution in [0.5, 0.6) is 11.5 Å². The highest BCUT2D eigenvalue weighted by molar-refractivity contribution is 7.92. The van der Waals surface area contributed by atoms with Gasteiger partial charge < -0.3 is 15.2 Å². The van der Waals surface area contributed by atoms with Crippen LogP contribution in [-0.2, 0) is 26.0 Å². The fourth-order valence-electron chi connectivity index (χ4n) is 4.22. The predicted molar refractivity (Wildman–Crippen MR) is 152 cm³/mol. The third-order valence-corrected chi connectivity index (χ3v) is 8.62. The fraction of sp³-hybridized carbons (Fsp3) is 0.296. The number of sulfone groups is 1. The van der Waals surface area contributed by atoms with Crippen molar-refractivity contribution in [3.8, 4) is 22.6 Å². The van der Waals surface area contributed by atoms with Gasteiger partial charge in [-0.3, -0.25) is 14.4 Å². The number of rotatable bonds is 9. The monoisotopic (exact) mass is 627 g/mol. The third kappa shape index (κ3) is 8.36. The molecule has 1 aliphatic rings. The quantitative estimate of drug-likeness (QED) is 0.240. The molecule has 42 heavy (non-hydrogen) atoms. The lowest BCUT2D eigenvalue weighted by molar-refractivity contribution is -0.137. The summed E-state index contributed by atoms with van der Waals surface area (Å²) in [5.74, 6) is -0.648. The van der Waals surface area contributed by atoms with Crippen molar-refractivity contribution in [2.75, 3.05) is 54.0 Å². The number of alkyl halides is 3. The molecule has 3 N–H and O–H groups in total. The Morgan fingerprint density at radius 2 is 1.69 bits per heavy atom. The van der Waals surface area contributed by atoms with Crippen LogP contribution in [0, 0.1) is 0 Å². The van der Waals surface area contributed by atoms with Gasteiger partial charge in [0.2, 0.25) is 10.0 Å². The Labute approximate surface area is 241 Å². The average molecular weight is 628 g/mol. The lowest BCUT2D eigenvalue weighted by Crippen LogP contribution is -2.42. The van der Waals surface area contributed by atoms with E-state index in [1.807, 2.05) is 4.90 Å². The number of carbonyl (C=O) groups excluding carboxylic acids is 1. The van der Waals surface area contributed by atoms with Crippen LogP contribution in [0.15, 0.2) is 60.7 Å². The van der Waals surface area contributed by atoms with Crippen LogP contribution in [0.25, 0.3) is 11.1 Å². The highest BCUT2D eigenvalue weighted by atomic mass is 32.2. The van der Waals surface area contributed by atoms with E-state index in [1.165, 1.54) is 48.5 Å². The van der Waals surface area contributed by atoms with Crippen LogP contribution in [0.2, 0.25) is 0 Å². The molecule has 0 aromatic heterocycles. The standard InChI is InChI=1S/C27H28F3N3O7S2/c1-41(36,37)32-23-17-21(7-9-24(23)34)31-26(35)19-4-8-22(18-2-5-20(6-3-18)27(28,29)30)25(16-19)40-13-10-33-11-14-42(38,39)15-12-33/h2-9,16-17,32,34H,10-15H2,1H3,(H,31,35). The molecule has 1 amide bonds. The van der Waals surface area contributed by atoms with Crippen molar-refractivity contribution in [3.05, 3.63) is 71.8 Å². The molecule has 1 saturated heterocycles. The van der Waals surface area contributed by atoms with Crippen molar-refractivity contribution >= 4 is 37.1 Å². The number of nitrogens with zero attached hydrogens (tertiary/aromatic N) is 1. The molecule has 10 nitrogen and oxygen atoms in total. The third-order valence-electron chi connectivity index (χ3n) is 6.42. The molecule has 0 atom stereocenters. The second-order valence-corrected chi connectivity index (χ2v) is 13.7. The molecular formula is C27H28F3N3O7S2. The second kappa shape index (κ2) is 12.2. The van der Waals surface area contributed by atoms with E-state index < -0.39 is 37.5 Å². The molecule has 0 spiro atoms. The number of anilines is 2. The molecule has 4 rings (SSSR count). The maximum atomic E-state index is 13.1. The van der Waals surface area contributed by atoms with Gasteiger partial charge in [0, 0.05) is 36.4 Å². The molecule has 0 unspecified atom stereocenters. The van der Waals surface area contributed by atoms with Crippen molar-refractivity contribution in [2.24, 2.45) is 0 Å². The summed E-state index contributed by atoms with van der Waals surface area (Å²) in [7, 11) is -6.76. The Morgan fingerprint density at radius 3 is 2.31 bits per heavy atom. The summed E-state index contributed by atoms with van der Waals surface area (Å²) < 4.78 is 93.9. The van der Waals surface area contributed by atoms with Gasteiger partial charge in [0.1, 0.15) is 18.1 Å². The minimum atomic E-state index is -4.51. The Morgan fingerprint density at radius 1 is 1.02 bits per heavy atom. The lowest BCUT2D eigenvalue weighted by atomic mass is 10.0. The number of hydrogen-bond donors (Lipinski definition) is 3. The first kappa shape index (κ1) is 31.1. The zero-order valence-corrected chi connectivity index (χ0v) is 23.9. The number of benzene rings is 3. The zero-order chi connectivity index (χ0) is 30.7. The van der Waals surface area contributed by atoms with Crippen LogP contribution in [0.4, 0.5) is 24.5 Å². The fourth-order valence-corrected chi connectivity index (χ4v) is 6.06. The summed E-state index contributed by atoms with van der Waals surface area (Å²) in [6.07, 6.45) is -3.60. The Balaban J connectivity index is 1.57. The molecule has 3 aromatic rings. The molecule has 1 fully saturated rings. The number of hydrogen-bond acceptors (Lipinski definition) is 8. The normalized spacial score (nSPS) is 15.6. The van der Waals surface area contributed by atoms with Crippen LogP contribution < -0.4 is 14.8 Å². The average Bonchev–Trinajstić information content (AvgIpc) is 2.90. The van der Waals surface area contributed by atoms with E-state index in [9.17, 15) is 39.9 Å². The summed E-state index contributed by atoms with van der Waals surface area (Å²) in [6.45, 7) is 1.21. The first-order chi connectivity index (χ1) is 19.6. The molecule has 0 saturated carbocycles. The number of halogens is 3. The van der Waals surface area contributed by atoms with Gasteiger partial charge in [-0.15, -0.1) is 0 Å². The summed E-state index contributed by atoms with van der Waals surface area (Å²) in [4.78, 5) is 15.0. The van der Waals surface area contributed by atoms with Gasteiger partial charge >= 0.3 is 6.18 Å². The number of amides is 1. The maximum absolute atomic E-state index is 13.1. The number of phenolic OH excluding ortho intramolecular Hbond substituents is 1. The number of nitrogens with one attached hydrogen (secondary N) is 2. The van der Waals surface area contributed by atoms with Crippen LogP contribution in [-0.4, -0.2) is 76.8 Å². The highest BCUT2D eigenvalue weighted by Gasteiger charge is 2.30. The van der Waals surface area contributed by atoms with Gasteiger partial charge in [0.05, 0.1) is 29.0 Å². The van der Waals surface area contributed by atoms with E-state index in [0.29, 0.717) is 30.8 Å². The minimum Gasteiger partial charge on any atom is -0.506 e. The van der Waals surface area contributed by atoms with Gasteiger partial charge in [0.25, 0.3) is 5.91 Å². The maximum Gasteiger partial charge on any atom is 0.416 e. The van der Waals surface area contributed by atoms with Crippen molar-refractivity contribution in [1.82, 2.24) is 4.90 Å². The Bertz CT molecular complexity index is 1660. The van der Waals surface area contributed by atoms with Gasteiger partial charge in [-0.05, 0) is 54.1 Å². The number of ether oxygens (including phenoxy) is 1. The van der Waals surface area contributed by atoms with E-state index >= 15 is 0 Å². The van der Waals surface area contributed by atoms with E-state index in [1.54, 1.807) is 0 Å². The zero-order valence-electron chi connectivity index (χ0n) is 22.3. The van der Waals surface area contributed by atoms with Crippen LogP contribution >= 0.6 is 0 Å². The molecule has 0 radical (unpaired) electrons. The molecule has 0 bridgehead atoms. The van der Waals surface area contributed by atoms with Crippen molar-refractivity contribution in [3.63, 3.8) is 0 Å². The molecular weight excluding hydrogens is 599 g/mol. The van der Waals surface area contributed by atoms with E-state index in [-0.39, 0.29) is 46.5 Å². The first-order valence-electron chi connectivity index (χ1n) is 12.6. The Hall–Kier alpha value is -3.82. The number of sulfonamides is 1. The van der Waals surface area contributed by atoms with Gasteiger partial charge in [-0.1, -0.05) is 12.1 Å². The molecule has 1 heterocycles. The van der Waals surface area contributed by atoms with Crippen molar-refractivity contribution in [2.45, 2.75) is 6.18 Å². The second-order valence-electron chi connectivity index (χ2n) is 9.69. The van der Waals surface area contributed by atoms with E-state index in [4.69, 9.17) is 4.74 Å². The highest BCUT2D eigenvalue weighted by Crippen LogP contribution is 2.35. The number of carbonyl (C=O) groups is 1. The summed E-state index contributed by atoms with van der Waals surface area (Å²) in [5.41, 5.74) is 0.217. The molecule has 0 aliphatic carbocycles. The van der Waals surface area contributed by atoms with Crippen molar-refractivity contribution < 1.29 is 44.6 Å². The summed E-state index contributed by atoms with van der Waals surface area (Å²) in [6, 6.07) is 12.7. The Kier molecular flexibility index (Phi) is 9.03. The van der Waals surface area contributed by atoms with E-state index in [2.05, 4.69) is 10.0 Å². The molecule has 1 aliphatic heterocycles. The SMILES string of the molecule is CS(=O)(=O)Nc1cc(NC(=O)c2ccc(-c3ccc(C(F)(F)F)cc3)c(OCCN3CCS(=O)(=O)CC3)c2)ccc1O. The predicted octanol–water partition coefficient (Wildman–Crippen LogP) is 3.81. The molecule has 226 valence electrons. The van der Waals surface area contributed by atoms with E-state index in [0.717, 1.165) is 18.4 Å². The van der Waals surface area contributed by atoms with Gasteiger partial charge in [0.15, 0.2) is 9.84 Å².